The third-order valence-corrected chi connectivity index (χ3v) is 5.37. The fraction of sp³-hybridized carbons (Fsp3) is 0.650. The Morgan fingerprint density at radius 3 is 2.77 bits per heavy atom. The minimum Gasteiger partial charge on any atom is -0.493 e. The molecule has 26 heavy (non-hydrogen) atoms. The van der Waals surface area contributed by atoms with Gasteiger partial charge in [0.1, 0.15) is 5.75 Å². The van der Waals surface area contributed by atoms with Gasteiger partial charge in [0.15, 0.2) is 5.96 Å². The number of likely N-dealkylation sites (tertiary alicyclic amines) is 1. The molecule has 2 N–H and O–H groups in total. The summed E-state index contributed by atoms with van der Waals surface area (Å²) >= 11 is 0. The molecule has 0 radical (unpaired) electrons. The predicted octanol–water partition coefficient (Wildman–Crippen LogP) is 2.68. The van der Waals surface area contributed by atoms with Gasteiger partial charge in [-0.2, -0.15) is 0 Å². The van der Waals surface area contributed by atoms with Crippen molar-refractivity contribution in [3.05, 3.63) is 29.3 Å². The maximum absolute atomic E-state index is 5.57. The van der Waals surface area contributed by atoms with Crippen molar-refractivity contribution in [3.63, 3.8) is 0 Å². The summed E-state index contributed by atoms with van der Waals surface area (Å²) in [7, 11) is 4.06. The Morgan fingerprint density at radius 2 is 2.00 bits per heavy atom. The number of halogens is 1. The van der Waals surface area contributed by atoms with Gasteiger partial charge in [-0.1, -0.05) is 12.1 Å². The molecule has 1 saturated heterocycles. The highest BCUT2D eigenvalue weighted by Gasteiger charge is 2.16. The van der Waals surface area contributed by atoms with Crippen LogP contribution in [0.25, 0.3) is 0 Å². The van der Waals surface area contributed by atoms with Crippen molar-refractivity contribution in [1.29, 1.82) is 0 Å². The summed E-state index contributed by atoms with van der Waals surface area (Å²) in [6.45, 7) is 5.20. The van der Waals surface area contributed by atoms with E-state index in [1.54, 1.807) is 0 Å². The van der Waals surface area contributed by atoms with Crippen LogP contribution in [-0.2, 0) is 12.8 Å². The van der Waals surface area contributed by atoms with E-state index in [1.807, 2.05) is 7.05 Å². The zero-order valence-electron chi connectivity index (χ0n) is 16.1. The quantitative estimate of drug-likeness (QED) is 0.380. The second kappa shape index (κ2) is 11.0. The summed E-state index contributed by atoms with van der Waals surface area (Å²) in [4.78, 5) is 6.76. The van der Waals surface area contributed by atoms with Gasteiger partial charge < -0.3 is 20.3 Å². The van der Waals surface area contributed by atoms with Gasteiger partial charge in [0.25, 0.3) is 0 Å². The first kappa shape index (κ1) is 21.3. The molecule has 6 heteroatoms. The Morgan fingerprint density at radius 1 is 1.23 bits per heavy atom. The maximum Gasteiger partial charge on any atom is 0.190 e. The van der Waals surface area contributed by atoms with E-state index in [2.05, 4.69) is 45.8 Å². The second-order valence-corrected chi connectivity index (χ2v) is 7.25. The Bertz CT molecular complexity index is 585. The molecule has 1 aromatic carbocycles. The molecule has 0 atom stereocenters. The Labute approximate surface area is 175 Å². The second-order valence-electron chi connectivity index (χ2n) is 7.25. The molecule has 5 nitrogen and oxygen atoms in total. The van der Waals surface area contributed by atoms with Crippen LogP contribution >= 0.6 is 24.0 Å². The zero-order chi connectivity index (χ0) is 17.5. The predicted molar refractivity (Wildman–Crippen MR) is 119 cm³/mol. The monoisotopic (exact) mass is 472 g/mol. The van der Waals surface area contributed by atoms with Crippen molar-refractivity contribution in [2.24, 2.45) is 10.9 Å². The van der Waals surface area contributed by atoms with Crippen LogP contribution in [0.1, 0.15) is 30.4 Å². The molecule has 0 amide bonds. The first-order valence-corrected chi connectivity index (χ1v) is 9.62. The number of rotatable bonds is 6. The van der Waals surface area contributed by atoms with E-state index in [0.717, 1.165) is 50.2 Å². The molecule has 146 valence electrons. The van der Waals surface area contributed by atoms with E-state index < -0.39 is 0 Å². The third kappa shape index (κ3) is 6.30. The third-order valence-electron chi connectivity index (χ3n) is 5.37. The van der Waals surface area contributed by atoms with Crippen molar-refractivity contribution in [2.45, 2.75) is 32.1 Å². The molecular weight excluding hydrogens is 439 g/mol. The molecule has 0 unspecified atom stereocenters. The van der Waals surface area contributed by atoms with E-state index in [0.29, 0.717) is 0 Å². The fourth-order valence-electron chi connectivity index (χ4n) is 3.69. The lowest BCUT2D eigenvalue weighted by Crippen LogP contribution is -2.39. The Kier molecular flexibility index (Phi) is 8.98. The average Bonchev–Trinajstić information content (AvgIpc) is 3.10. The van der Waals surface area contributed by atoms with E-state index in [4.69, 9.17) is 4.74 Å². The Hall–Kier alpha value is -1.02. The number of piperidine rings is 1. The van der Waals surface area contributed by atoms with Crippen LogP contribution in [-0.4, -0.2) is 57.7 Å². The van der Waals surface area contributed by atoms with Crippen LogP contribution in [0.5, 0.6) is 5.75 Å². The highest BCUT2D eigenvalue weighted by atomic mass is 127. The van der Waals surface area contributed by atoms with Gasteiger partial charge >= 0.3 is 0 Å². The number of benzene rings is 1. The van der Waals surface area contributed by atoms with Gasteiger partial charge in [-0.3, -0.25) is 4.99 Å². The molecule has 0 saturated carbocycles. The molecule has 0 spiro atoms. The number of ether oxygens (including phenoxy) is 1. The molecular formula is C20H33IN4O. The molecule has 0 aliphatic carbocycles. The first-order chi connectivity index (χ1) is 12.2. The van der Waals surface area contributed by atoms with Gasteiger partial charge in [-0.15, -0.1) is 24.0 Å². The maximum atomic E-state index is 5.57. The molecule has 1 fully saturated rings. The van der Waals surface area contributed by atoms with Crippen LogP contribution in [0, 0.1) is 5.92 Å². The Balaban J connectivity index is 0.00000243. The highest BCUT2D eigenvalue weighted by molar-refractivity contribution is 14.0. The van der Waals surface area contributed by atoms with Crippen LogP contribution in [0.4, 0.5) is 0 Å². The average molecular weight is 472 g/mol. The van der Waals surface area contributed by atoms with Gasteiger partial charge in [0.05, 0.1) is 6.61 Å². The smallest absolute Gasteiger partial charge is 0.190 e. The van der Waals surface area contributed by atoms with E-state index >= 15 is 0 Å². The van der Waals surface area contributed by atoms with Crippen LogP contribution in [0.2, 0.25) is 0 Å². The first-order valence-electron chi connectivity index (χ1n) is 9.62. The minimum absolute atomic E-state index is 0. The summed E-state index contributed by atoms with van der Waals surface area (Å²) in [5.74, 6) is 2.83. The molecule has 0 bridgehead atoms. The number of guanidine groups is 1. The zero-order valence-corrected chi connectivity index (χ0v) is 18.4. The lowest BCUT2D eigenvalue weighted by Gasteiger charge is -2.29. The standard InChI is InChI=1S/C20H32N4O.HI/c1-21-20(22-10-5-16-7-12-24(2)13-8-16)23-11-6-17-3-4-19-18(15-17)9-14-25-19;/h3-4,15-16H,5-14H2,1-2H3,(H2,21,22,23);1H. The number of hydrogen-bond donors (Lipinski definition) is 2. The normalized spacial score (nSPS) is 18.0. The summed E-state index contributed by atoms with van der Waals surface area (Å²) in [6.07, 6.45) is 5.93. The van der Waals surface area contributed by atoms with E-state index in [9.17, 15) is 0 Å². The van der Waals surface area contributed by atoms with E-state index in [-0.39, 0.29) is 24.0 Å². The van der Waals surface area contributed by atoms with Gasteiger partial charge in [-0.05, 0) is 68.9 Å². The lowest BCUT2D eigenvalue weighted by molar-refractivity contribution is 0.213. The van der Waals surface area contributed by atoms with Gasteiger partial charge in [0, 0.05) is 26.6 Å². The summed E-state index contributed by atoms with van der Waals surface area (Å²) in [5, 5.41) is 6.89. The van der Waals surface area contributed by atoms with Crippen LogP contribution < -0.4 is 15.4 Å². The van der Waals surface area contributed by atoms with Crippen LogP contribution in [0.15, 0.2) is 23.2 Å². The highest BCUT2D eigenvalue weighted by Crippen LogP contribution is 2.25. The van der Waals surface area contributed by atoms with Crippen molar-refractivity contribution >= 4 is 29.9 Å². The molecule has 0 aromatic heterocycles. The van der Waals surface area contributed by atoms with Crippen molar-refractivity contribution in [1.82, 2.24) is 15.5 Å². The topological polar surface area (TPSA) is 48.9 Å². The SMILES string of the molecule is CN=C(NCCc1ccc2c(c1)CCO2)NCCC1CCN(C)CC1.I. The van der Waals surface area contributed by atoms with Crippen molar-refractivity contribution < 1.29 is 4.74 Å². The van der Waals surface area contributed by atoms with Crippen molar-refractivity contribution in [3.8, 4) is 5.75 Å². The molecule has 2 aliphatic rings. The minimum atomic E-state index is 0. The molecule has 2 heterocycles. The summed E-state index contributed by atoms with van der Waals surface area (Å²) in [5.41, 5.74) is 2.71. The van der Waals surface area contributed by atoms with Gasteiger partial charge in [-0.25, -0.2) is 0 Å². The fourth-order valence-corrected chi connectivity index (χ4v) is 3.69. The molecule has 2 aliphatic heterocycles. The number of hydrogen-bond acceptors (Lipinski definition) is 3. The number of nitrogens with one attached hydrogen (secondary N) is 2. The lowest BCUT2D eigenvalue weighted by atomic mass is 9.94. The summed E-state index contributed by atoms with van der Waals surface area (Å²) < 4.78 is 5.57. The number of aliphatic imine (C=N–C) groups is 1. The van der Waals surface area contributed by atoms with Gasteiger partial charge in [0.2, 0.25) is 0 Å². The summed E-state index contributed by atoms with van der Waals surface area (Å²) in [6, 6.07) is 6.55. The van der Waals surface area contributed by atoms with Crippen molar-refractivity contribution in [2.75, 3.05) is 46.9 Å². The molecule has 3 rings (SSSR count). The van der Waals surface area contributed by atoms with E-state index in [1.165, 1.54) is 43.5 Å². The molecule has 1 aromatic rings. The van der Waals surface area contributed by atoms with Crippen LogP contribution in [0.3, 0.4) is 0 Å². The number of nitrogens with zero attached hydrogens (tertiary/aromatic N) is 2. The number of fused-ring (bicyclic) bond motifs is 1. The largest absolute Gasteiger partial charge is 0.493 e.